The quantitative estimate of drug-likeness (QED) is 0.798. The minimum atomic E-state index is 0.395. The van der Waals surface area contributed by atoms with E-state index in [2.05, 4.69) is 24.8 Å². The van der Waals surface area contributed by atoms with Crippen molar-refractivity contribution < 1.29 is 0 Å². The van der Waals surface area contributed by atoms with E-state index in [1.54, 1.807) is 18.6 Å². The smallest absolute Gasteiger partial charge is 0.147 e. The van der Waals surface area contributed by atoms with Crippen LogP contribution in [0.25, 0.3) is 0 Å². The van der Waals surface area contributed by atoms with Gasteiger partial charge in [0.2, 0.25) is 0 Å². The van der Waals surface area contributed by atoms with Crippen LogP contribution in [0.3, 0.4) is 0 Å². The van der Waals surface area contributed by atoms with E-state index in [9.17, 15) is 0 Å². The van der Waals surface area contributed by atoms with Gasteiger partial charge in [0.1, 0.15) is 11.6 Å². The number of nitrogens with zero attached hydrogens (tertiary/aromatic N) is 5. The van der Waals surface area contributed by atoms with Gasteiger partial charge in [-0.25, -0.2) is 15.0 Å². The Bertz CT molecular complexity index is 528. The second-order valence-corrected chi connectivity index (χ2v) is 4.55. The molecule has 5 nitrogen and oxygen atoms in total. The number of aromatic nitrogens is 4. The van der Waals surface area contributed by atoms with Crippen LogP contribution in [0, 0.1) is 6.92 Å². The number of anilines is 1. The molecule has 0 radical (unpaired) electrons. The molecule has 5 heteroatoms. The molecule has 0 bridgehead atoms. The zero-order chi connectivity index (χ0) is 12.4. The average Bonchev–Trinajstić information content (AvgIpc) is 2.89. The van der Waals surface area contributed by atoms with Crippen molar-refractivity contribution in [1.29, 1.82) is 0 Å². The molecule has 92 valence electrons. The molecule has 3 rings (SSSR count). The summed E-state index contributed by atoms with van der Waals surface area (Å²) in [5.74, 6) is 2.28. The fourth-order valence-electron chi connectivity index (χ4n) is 2.30. The van der Waals surface area contributed by atoms with Crippen LogP contribution < -0.4 is 4.90 Å². The summed E-state index contributed by atoms with van der Waals surface area (Å²) >= 11 is 0. The van der Waals surface area contributed by atoms with Crippen LogP contribution in [0.1, 0.15) is 23.9 Å². The van der Waals surface area contributed by atoms with Crippen LogP contribution in [0.5, 0.6) is 0 Å². The number of hydrogen-bond acceptors (Lipinski definition) is 5. The maximum absolute atomic E-state index is 4.51. The van der Waals surface area contributed by atoms with Crippen LogP contribution in [-0.2, 0) is 0 Å². The van der Waals surface area contributed by atoms with Gasteiger partial charge < -0.3 is 4.90 Å². The van der Waals surface area contributed by atoms with Crippen LogP contribution >= 0.6 is 0 Å². The maximum Gasteiger partial charge on any atom is 0.147 e. The lowest BCUT2D eigenvalue weighted by molar-refractivity contribution is 0.703. The standard InChI is InChI=1S/C13H15N5/c1-10-2-4-16-13(17-10)11-3-7-18(9-11)12-8-14-5-6-15-12/h2,4-6,8,11H,3,7,9H2,1H3/t11-/m1/s1. The summed E-state index contributed by atoms with van der Waals surface area (Å²) in [6, 6.07) is 1.93. The molecule has 1 aliphatic rings. The van der Waals surface area contributed by atoms with Crippen LogP contribution in [0.15, 0.2) is 30.9 Å². The Labute approximate surface area is 106 Å². The molecule has 1 fully saturated rings. The minimum Gasteiger partial charge on any atom is -0.355 e. The van der Waals surface area contributed by atoms with Gasteiger partial charge in [0.15, 0.2) is 0 Å². The molecule has 0 amide bonds. The highest BCUT2D eigenvalue weighted by atomic mass is 15.2. The lowest BCUT2D eigenvalue weighted by Gasteiger charge is -2.16. The van der Waals surface area contributed by atoms with Gasteiger partial charge in [0, 0.05) is 43.3 Å². The Morgan fingerprint density at radius 3 is 2.94 bits per heavy atom. The molecule has 0 spiro atoms. The first-order valence-corrected chi connectivity index (χ1v) is 6.13. The second kappa shape index (κ2) is 4.68. The molecule has 1 atom stereocenters. The maximum atomic E-state index is 4.51. The van der Waals surface area contributed by atoms with Gasteiger partial charge in [-0.05, 0) is 19.4 Å². The minimum absolute atomic E-state index is 0.395. The third-order valence-electron chi connectivity index (χ3n) is 3.24. The van der Waals surface area contributed by atoms with E-state index in [4.69, 9.17) is 0 Å². The van der Waals surface area contributed by atoms with E-state index in [1.165, 1.54) is 0 Å². The van der Waals surface area contributed by atoms with Crippen molar-refractivity contribution in [3.05, 3.63) is 42.4 Å². The lowest BCUT2D eigenvalue weighted by atomic mass is 10.1. The zero-order valence-corrected chi connectivity index (χ0v) is 10.3. The number of rotatable bonds is 2. The van der Waals surface area contributed by atoms with Gasteiger partial charge in [-0.3, -0.25) is 4.98 Å². The summed E-state index contributed by atoms with van der Waals surface area (Å²) < 4.78 is 0. The number of aryl methyl sites for hydroxylation is 1. The third-order valence-corrected chi connectivity index (χ3v) is 3.24. The molecule has 1 saturated heterocycles. The summed E-state index contributed by atoms with van der Waals surface area (Å²) in [7, 11) is 0. The van der Waals surface area contributed by atoms with Gasteiger partial charge >= 0.3 is 0 Å². The first kappa shape index (κ1) is 11.1. The van der Waals surface area contributed by atoms with Crippen molar-refractivity contribution in [1.82, 2.24) is 19.9 Å². The Morgan fingerprint density at radius 1 is 1.22 bits per heavy atom. The first-order chi connectivity index (χ1) is 8.83. The molecule has 0 unspecified atom stereocenters. The van der Waals surface area contributed by atoms with Crippen molar-refractivity contribution in [3.8, 4) is 0 Å². The lowest BCUT2D eigenvalue weighted by Crippen LogP contribution is -2.20. The molecule has 0 saturated carbocycles. The van der Waals surface area contributed by atoms with Crippen LogP contribution in [0.2, 0.25) is 0 Å². The molecular formula is C13H15N5. The van der Waals surface area contributed by atoms with Crippen LogP contribution in [-0.4, -0.2) is 33.0 Å². The predicted molar refractivity (Wildman–Crippen MR) is 68.4 cm³/mol. The molecule has 2 aromatic heterocycles. The summed E-state index contributed by atoms with van der Waals surface area (Å²) in [4.78, 5) is 19.6. The highest BCUT2D eigenvalue weighted by Crippen LogP contribution is 2.27. The molecule has 0 aromatic carbocycles. The molecule has 18 heavy (non-hydrogen) atoms. The van der Waals surface area contributed by atoms with Crippen molar-refractivity contribution in [3.63, 3.8) is 0 Å². The number of hydrogen-bond donors (Lipinski definition) is 0. The van der Waals surface area contributed by atoms with Gasteiger partial charge in [0.25, 0.3) is 0 Å². The predicted octanol–water partition coefficient (Wildman–Crippen LogP) is 1.57. The normalized spacial score (nSPS) is 19.2. The summed E-state index contributed by atoms with van der Waals surface area (Å²) in [6.45, 7) is 3.91. The van der Waals surface area contributed by atoms with Gasteiger partial charge in [0.05, 0.1) is 6.20 Å². The van der Waals surface area contributed by atoms with E-state index in [0.717, 1.165) is 36.8 Å². The van der Waals surface area contributed by atoms with E-state index in [-0.39, 0.29) is 0 Å². The second-order valence-electron chi connectivity index (χ2n) is 4.55. The zero-order valence-electron chi connectivity index (χ0n) is 10.3. The summed E-state index contributed by atoms with van der Waals surface area (Å²) in [6.07, 6.45) is 8.13. The molecule has 2 aromatic rings. The fourth-order valence-corrected chi connectivity index (χ4v) is 2.30. The van der Waals surface area contributed by atoms with Crippen molar-refractivity contribution in [2.75, 3.05) is 18.0 Å². The Morgan fingerprint density at radius 2 is 2.17 bits per heavy atom. The fraction of sp³-hybridized carbons (Fsp3) is 0.385. The largest absolute Gasteiger partial charge is 0.355 e. The summed E-state index contributed by atoms with van der Waals surface area (Å²) in [5.41, 5.74) is 1.03. The molecule has 1 aliphatic heterocycles. The molecule has 0 N–H and O–H groups in total. The van der Waals surface area contributed by atoms with Crippen molar-refractivity contribution >= 4 is 5.82 Å². The molecular weight excluding hydrogens is 226 g/mol. The topological polar surface area (TPSA) is 54.8 Å². The first-order valence-electron chi connectivity index (χ1n) is 6.13. The van der Waals surface area contributed by atoms with Gasteiger partial charge in [-0.15, -0.1) is 0 Å². The van der Waals surface area contributed by atoms with E-state index < -0.39 is 0 Å². The SMILES string of the molecule is Cc1ccnc([C@@H]2CCN(c3cnccn3)C2)n1. The average molecular weight is 241 g/mol. The third kappa shape index (κ3) is 2.16. The molecule has 3 heterocycles. The van der Waals surface area contributed by atoms with Gasteiger partial charge in [-0.1, -0.05) is 0 Å². The summed E-state index contributed by atoms with van der Waals surface area (Å²) in [5, 5.41) is 0. The highest BCUT2D eigenvalue weighted by Gasteiger charge is 2.26. The van der Waals surface area contributed by atoms with Crippen molar-refractivity contribution in [2.45, 2.75) is 19.3 Å². The Hall–Kier alpha value is -2.04. The Kier molecular flexibility index (Phi) is 2.88. The molecule has 0 aliphatic carbocycles. The van der Waals surface area contributed by atoms with E-state index in [0.29, 0.717) is 5.92 Å². The van der Waals surface area contributed by atoms with Gasteiger partial charge in [-0.2, -0.15) is 0 Å². The van der Waals surface area contributed by atoms with E-state index >= 15 is 0 Å². The highest BCUT2D eigenvalue weighted by molar-refractivity contribution is 5.37. The Balaban J connectivity index is 1.76. The van der Waals surface area contributed by atoms with Crippen molar-refractivity contribution in [2.24, 2.45) is 0 Å². The monoisotopic (exact) mass is 241 g/mol. The van der Waals surface area contributed by atoms with E-state index in [1.807, 2.05) is 19.2 Å². The van der Waals surface area contributed by atoms with Crippen LogP contribution in [0.4, 0.5) is 5.82 Å².